The minimum Gasteiger partial charge on any atom is -0.335 e. The number of urea groups is 1. The number of carbonyl (C=O) groups excluding carboxylic acids is 2. The summed E-state index contributed by atoms with van der Waals surface area (Å²) in [4.78, 5) is 23.6. The average Bonchev–Trinajstić information content (AvgIpc) is 2.54. The summed E-state index contributed by atoms with van der Waals surface area (Å²) in [7, 11) is 0. The largest absolute Gasteiger partial charge is 0.335 e. The zero-order valence-electron chi connectivity index (χ0n) is 13.4. The van der Waals surface area contributed by atoms with E-state index in [2.05, 4.69) is 16.0 Å². The lowest BCUT2D eigenvalue weighted by atomic mass is 9.96. The van der Waals surface area contributed by atoms with Gasteiger partial charge in [0, 0.05) is 12.1 Å². The zero-order chi connectivity index (χ0) is 16.7. The number of rotatable bonds is 5. The number of halogens is 1. The van der Waals surface area contributed by atoms with Gasteiger partial charge in [0.05, 0.1) is 6.54 Å². The van der Waals surface area contributed by atoms with E-state index in [0.717, 1.165) is 31.2 Å². The Morgan fingerprint density at radius 1 is 1.17 bits per heavy atom. The second kappa shape index (κ2) is 8.62. The van der Waals surface area contributed by atoms with E-state index in [0.29, 0.717) is 0 Å². The highest BCUT2D eigenvalue weighted by Gasteiger charge is 2.17. The monoisotopic (exact) mass is 321 g/mol. The first-order chi connectivity index (χ1) is 11.0. The average molecular weight is 321 g/mol. The van der Waals surface area contributed by atoms with E-state index in [9.17, 15) is 14.0 Å². The maximum Gasteiger partial charge on any atom is 0.321 e. The topological polar surface area (TPSA) is 70.2 Å². The first-order valence-electron chi connectivity index (χ1n) is 8.14. The zero-order valence-corrected chi connectivity index (χ0v) is 13.4. The standard InChI is InChI=1S/C17H24FN3O2/c1-12(13-7-9-14(18)10-8-13)19-11-16(22)21-17(23)20-15-5-3-2-4-6-15/h7-10,12,15,19H,2-6,11H2,1H3,(H2,20,21,22,23). The number of hydrogen-bond acceptors (Lipinski definition) is 3. The molecule has 23 heavy (non-hydrogen) atoms. The summed E-state index contributed by atoms with van der Waals surface area (Å²) in [6.07, 6.45) is 5.40. The van der Waals surface area contributed by atoms with Crippen molar-refractivity contribution in [2.75, 3.05) is 6.54 Å². The highest BCUT2D eigenvalue weighted by atomic mass is 19.1. The van der Waals surface area contributed by atoms with E-state index < -0.39 is 6.03 Å². The van der Waals surface area contributed by atoms with Gasteiger partial charge in [0.15, 0.2) is 0 Å². The normalized spacial score (nSPS) is 16.6. The Hall–Kier alpha value is -1.95. The summed E-state index contributed by atoms with van der Waals surface area (Å²) in [5.41, 5.74) is 0.880. The van der Waals surface area contributed by atoms with Gasteiger partial charge in [-0.3, -0.25) is 10.1 Å². The molecule has 6 heteroatoms. The van der Waals surface area contributed by atoms with Crippen LogP contribution >= 0.6 is 0 Å². The molecule has 1 fully saturated rings. The SMILES string of the molecule is CC(NCC(=O)NC(=O)NC1CCCCC1)c1ccc(F)cc1. The van der Waals surface area contributed by atoms with E-state index in [1.54, 1.807) is 12.1 Å². The van der Waals surface area contributed by atoms with Gasteiger partial charge in [-0.15, -0.1) is 0 Å². The number of benzene rings is 1. The summed E-state index contributed by atoms with van der Waals surface area (Å²) >= 11 is 0. The van der Waals surface area contributed by atoms with Crippen LogP contribution < -0.4 is 16.0 Å². The Labute approximate surface area is 136 Å². The van der Waals surface area contributed by atoms with Crippen molar-refractivity contribution in [3.8, 4) is 0 Å². The highest BCUT2D eigenvalue weighted by Crippen LogP contribution is 2.17. The second-order valence-corrected chi connectivity index (χ2v) is 6.01. The van der Waals surface area contributed by atoms with Gasteiger partial charge in [-0.25, -0.2) is 9.18 Å². The summed E-state index contributed by atoms with van der Waals surface area (Å²) in [6.45, 7) is 1.90. The molecule has 126 valence electrons. The van der Waals surface area contributed by atoms with Crippen LogP contribution in [0.1, 0.15) is 50.6 Å². The molecule has 1 saturated carbocycles. The molecule has 1 aliphatic carbocycles. The van der Waals surface area contributed by atoms with E-state index in [1.807, 2.05) is 6.92 Å². The molecule has 5 nitrogen and oxygen atoms in total. The van der Waals surface area contributed by atoms with Gasteiger partial charge in [-0.2, -0.15) is 0 Å². The molecule has 0 spiro atoms. The van der Waals surface area contributed by atoms with Gasteiger partial charge >= 0.3 is 6.03 Å². The summed E-state index contributed by atoms with van der Waals surface area (Å²) in [6, 6.07) is 5.72. The first kappa shape index (κ1) is 17.4. The van der Waals surface area contributed by atoms with Crippen LogP contribution in [0.2, 0.25) is 0 Å². The van der Waals surface area contributed by atoms with Crippen LogP contribution in [0.5, 0.6) is 0 Å². The van der Waals surface area contributed by atoms with Crippen LogP contribution in [0.4, 0.5) is 9.18 Å². The molecule has 2 rings (SSSR count). The van der Waals surface area contributed by atoms with E-state index >= 15 is 0 Å². The minimum atomic E-state index is -0.432. The molecule has 0 bridgehead atoms. The Balaban J connectivity index is 1.69. The molecule has 0 saturated heterocycles. The van der Waals surface area contributed by atoms with E-state index in [1.165, 1.54) is 18.6 Å². The minimum absolute atomic E-state index is 0.0244. The van der Waals surface area contributed by atoms with E-state index in [4.69, 9.17) is 0 Å². The molecule has 3 amide bonds. The van der Waals surface area contributed by atoms with Crippen LogP contribution in [0.25, 0.3) is 0 Å². The van der Waals surface area contributed by atoms with Crippen LogP contribution in [-0.2, 0) is 4.79 Å². The lowest BCUT2D eigenvalue weighted by Gasteiger charge is -2.22. The predicted octanol–water partition coefficient (Wildman–Crippen LogP) is 2.63. The molecular weight excluding hydrogens is 297 g/mol. The van der Waals surface area contributed by atoms with Crippen molar-refractivity contribution >= 4 is 11.9 Å². The molecule has 3 N–H and O–H groups in total. The predicted molar refractivity (Wildman–Crippen MR) is 86.4 cm³/mol. The Kier molecular flexibility index (Phi) is 6.52. The summed E-state index contributed by atoms with van der Waals surface area (Å²) in [5.74, 6) is -0.676. The lowest BCUT2D eigenvalue weighted by molar-refractivity contribution is -0.119. The van der Waals surface area contributed by atoms with Crippen molar-refractivity contribution in [1.82, 2.24) is 16.0 Å². The van der Waals surface area contributed by atoms with Crippen molar-refractivity contribution in [3.05, 3.63) is 35.6 Å². The number of hydrogen-bond donors (Lipinski definition) is 3. The molecule has 0 radical (unpaired) electrons. The molecular formula is C17H24FN3O2. The molecule has 1 aromatic carbocycles. The molecule has 1 aromatic rings. The fraction of sp³-hybridized carbons (Fsp3) is 0.529. The maximum atomic E-state index is 12.9. The Morgan fingerprint density at radius 2 is 1.83 bits per heavy atom. The van der Waals surface area contributed by atoms with Crippen LogP contribution in [0.3, 0.4) is 0 Å². The van der Waals surface area contributed by atoms with Crippen molar-refractivity contribution in [2.45, 2.75) is 51.1 Å². The van der Waals surface area contributed by atoms with Crippen molar-refractivity contribution in [2.24, 2.45) is 0 Å². The van der Waals surface area contributed by atoms with Gasteiger partial charge in [0.25, 0.3) is 0 Å². The third-order valence-corrected chi connectivity index (χ3v) is 4.13. The molecule has 1 unspecified atom stereocenters. The van der Waals surface area contributed by atoms with Crippen LogP contribution in [0, 0.1) is 5.82 Å². The second-order valence-electron chi connectivity index (χ2n) is 6.01. The van der Waals surface area contributed by atoms with Gasteiger partial charge in [0.1, 0.15) is 5.82 Å². The number of nitrogens with one attached hydrogen (secondary N) is 3. The molecule has 1 atom stereocenters. The van der Waals surface area contributed by atoms with Gasteiger partial charge in [-0.1, -0.05) is 31.4 Å². The number of amides is 3. The lowest BCUT2D eigenvalue weighted by Crippen LogP contribution is -2.47. The smallest absolute Gasteiger partial charge is 0.321 e. The highest BCUT2D eigenvalue weighted by molar-refractivity contribution is 5.95. The molecule has 1 aliphatic rings. The van der Waals surface area contributed by atoms with Gasteiger partial charge in [0.2, 0.25) is 5.91 Å². The fourth-order valence-electron chi connectivity index (χ4n) is 2.75. The quantitative estimate of drug-likeness (QED) is 0.781. The van der Waals surface area contributed by atoms with Crippen molar-refractivity contribution in [3.63, 3.8) is 0 Å². The van der Waals surface area contributed by atoms with Crippen molar-refractivity contribution < 1.29 is 14.0 Å². The van der Waals surface area contributed by atoms with Gasteiger partial charge in [-0.05, 0) is 37.5 Å². The third-order valence-electron chi connectivity index (χ3n) is 4.13. The maximum absolute atomic E-state index is 12.9. The van der Waals surface area contributed by atoms with Crippen LogP contribution in [-0.4, -0.2) is 24.5 Å². The molecule has 0 aromatic heterocycles. The van der Waals surface area contributed by atoms with E-state index in [-0.39, 0.29) is 30.4 Å². The first-order valence-corrected chi connectivity index (χ1v) is 8.14. The third kappa shape index (κ3) is 5.98. The summed E-state index contributed by atoms with van der Waals surface area (Å²) < 4.78 is 12.9. The summed E-state index contributed by atoms with van der Waals surface area (Å²) in [5, 5.41) is 8.18. The number of carbonyl (C=O) groups is 2. The molecule has 0 heterocycles. The van der Waals surface area contributed by atoms with Crippen LogP contribution in [0.15, 0.2) is 24.3 Å². The number of imide groups is 1. The van der Waals surface area contributed by atoms with Gasteiger partial charge < -0.3 is 10.6 Å². The Morgan fingerprint density at radius 3 is 2.48 bits per heavy atom. The fourth-order valence-corrected chi connectivity index (χ4v) is 2.75. The Bertz CT molecular complexity index is 527. The van der Waals surface area contributed by atoms with Crippen molar-refractivity contribution in [1.29, 1.82) is 0 Å². The molecule has 0 aliphatic heterocycles.